The van der Waals surface area contributed by atoms with Crippen LogP contribution in [0.2, 0.25) is 0 Å². The minimum Gasteiger partial charge on any atom is -0.744 e. The molecular formula is C34H55NaO3S. The normalized spacial score (nSPS) is 11.7. The van der Waals surface area contributed by atoms with E-state index >= 15 is 0 Å². The maximum absolute atomic E-state index is 11.9. The van der Waals surface area contributed by atoms with Gasteiger partial charge in [-0.25, -0.2) is 8.42 Å². The van der Waals surface area contributed by atoms with Crippen LogP contribution in [0.5, 0.6) is 0 Å². The molecule has 0 saturated carbocycles. The van der Waals surface area contributed by atoms with Crippen LogP contribution in [0.3, 0.4) is 0 Å². The van der Waals surface area contributed by atoms with Crippen LogP contribution < -0.4 is 29.6 Å². The van der Waals surface area contributed by atoms with Crippen molar-refractivity contribution >= 4 is 20.9 Å². The molecule has 2 aromatic carbocycles. The molecule has 0 aliphatic heterocycles. The summed E-state index contributed by atoms with van der Waals surface area (Å²) in [6, 6.07) is 9.16. The largest absolute Gasteiger partial charge is 1.00 e. The second-order valence-electron chi connectivity index (χ2n) is 11.4. The fraction of sp³-hybridized carbons (Fsp3) is 0.706. The van der Waals surface area contributed by atoms with E-state index in [9.17, 15) is 13.0 Å². The summed E-state index contributed by atoms with van der Waals surface area (Å²) in [5.41, 5.74) is 2.61. The molecule has 0 N–H and O–H groups in total. The average molecular weight is 567 g/mol. The molecule has 0 saturated heterocycles. The Bertz CT molecular complexity index is 1000. The SMILES string of the molecule is CCCCCCCCCCCCc1ccc2c(S(=O)(=O)[O-])cccc2c1CCCCCCCCCCCC.[Na+]. The Balaban J connectivity index is 0.00000760. The van der Waals surface area contributed by atoms with Crippen LogP contribution in [0, 0.1) is 0 Å². The van der Waals surface area contributed by atoms with E-state index in [1.54, 1.807) is 6.07 Å². The second kappa shape index (κ2) is 22.2. The minimum absolute atomic E-state index is 0. The Morgan fingerprint density at radius 2 is 0.974 bits per heavy atom. The molecule has 0 unspecified atom stereocenters. The number of unbranched alkanes of at least 4 members (excludes halogenated alkanes) is 18. The Labute approximate surface area is 263 Å². The number of fused-ring (bicyclic) bond motifs is 1. The standard InChI is InChI=1S/C34H56O3S.Na/c1-3-5-7-9-11-13-15-17-19-21-24-30-28-29-33-32(26-23-27-34(33)38(35,36)37)31(30)25-22-20-18-16-14-12-10-8-6-4-2;/h23,26-29H,3-22,24-25H2,1-2H3,(H,35,36,37);/q;+1/p-1. The van der Waals surface area contributed by atoms with Crippen molar-refractivity contribution in [3.8, 4) is 0 Å². The molecule has 0 aliphatic rings. The van der Waals surface area contributed by atoms with Gasteiger partial charge in [-0.2, -0.15) is 0 Å². The van der Waals surface area contributed by atoms with Gasteiger partial charge in [0.15, 0.2) is 0 Å². The molecule has 0 radical (unpaired) electrons. The zero-order valence-corrected chi connectivity index (χ0v) is 28.4. The molecule has 0 aromatic heterocycles. The van der Waals surface area contributed by atoms with Gasteiger partial charge in [0.05, 0.1) is 4.90 Å². The first kappa shape index (κ1) is 36.6. The molecule has 5 heteroatoms. The van der Waals surface area contributed by atoms with Gasteiger partial charge in [-0.1, -0.05) is 154 Å². The summed E-state index contributed by atoms with van der Waals surface area (Å²) < 4.78 is 35.7. The number of benzene rings is 2. The molecule has 0 spiro atoms. The number of hydrogen-bond donors (Lipinski definition) is 0. The van der Waals surface area contributed by atoms with Gasteiger partial charge in [0.1, 0.15) is 10.1 Å². The fourth-order valence-electron chi connectivity index (χ4n) is 5.78. The first-order chi connectivity index (χ1) is 18.5. The maximum atomic E-state index is 11.9. The van der Waals surface area contributed by atoms with Crippen LogP contribution in [0.4, 0.5) is 0 Å². The van der Waals surface area contributed by atoms with Crippen LogP contribution in [0.25, 0.3) is 10.8 Å². The molecule has 0 fully saturated rings. The number of aryl methyl sites for hydroxylation is 2. The predicted molar refractivity (Wildman–Crippen MR) is 163 cm³/mol. The Kier molecular flexibility index (Phi) is 20.9. The number of hydrogen-bond acceptors (Lipinski definition) is 3. The van der Waals surface area contributed by atoms with E-state index in [0.717, 1.165) is 24.6 Å². The average Bonchev–Trinajstić information content (AvgIpc) is 2.90. The summed E-state index contributed by atoms with van der Waals surface area (Å²) in [5.74, 6) is 0. The van der Waals surface area contributed by atoms with Gasteiger partial charge in [-0.05, 0) is 53.6 Å². The Hall–Kier alpha value is -0.390. The zero-order chi connectivity index (χ0) is 27.5. The minimum atomic E-state index is -4.49. The van der Waals surface area contributed by atoms with E-state index < -0.39 is 10.1 Å². The first-order valence-corrected chi connectivity index (χ1v) is 17.4. The topological polar surface area (TPSA) is 57.2 Å². The third-order valence-corrected chi connectivity index (χ3v) is 8.97. The van der Waals surface area contributed by atoms with Crippen LogP contribution in [0.15, 0.2) is 35.2 Å². The quantitative estimate of drug-likeness (QED) is 0.0788. The molecule has 0 heterocycles. The molecule has 0 bridgehead atoms. The predicted octanol–water partition coefficient (Wildman–Crippen LogP) is 7.67. The molecule has 39 heavy (non-hydrogen) atoms. The zero-order valence-electron chi connectivity index (χ0n) is 25.6. The molecule has 3 nitrogen and oxygen atoms in total. The van der Waals surface area contributed by atoms with Crippen molar-refractivity contribution in [2.45, 2.75) is 160 Å². The van der Waals surface area contributed by atoms with Crippen molar-refractivity contribution in [3.63, 3.8) is 0 Å². The summed E-state index contributed by atoms with van der Waals surface area (Å²) in [4.78, 5) is -0.0789. The molecule has 0 atom stereocenters. The third-order valence-electron chi connectivity index (χ3n) is 8.08. The summed E-state index contributed by atoms with van der Waals surface area (Å²) in [7, 11) is -4.49. The van der Waals surface area contributed by atoms with Crippen molar-refractivity contribution in [2.24, 2.45) is 0 Å². The van der Waals surface area contributed by atoms with Crippen molar-refractivity contribution in [2.75, 3.05) is 0 Å². The summed E-state index contributed by atoms with van der Waals surface area (Å²) >= 11 is 0. The molecular weight excluding hydrogens is 511 g/mol. The second-order valence-corrected chi connectivity index (χ2v) is 12.7. The summed E-state index contributed by atoms with van der Waals surface area (Å²) in [5, 5.41) is 1.55. The Morgan fingerprint density at radius 3 is 1.44 bits per heavy atom. The van der Waals surface area contributed by atoms with Gasteiger partial charge in [-0.3, -0.25) is 0 Å². The van der Waals surface area contributed by atoms with Crippen LogP contribution in [-0.2, 0) is 23.0 Å². The van der Waals surface area contributed by atoms with Crippen LogP contribution >= 0.6 is 0 Å². The van der Waals surface area contributed by atoms with Gasteiger partial charge in [-0.15, -0.1) is 0 Å². The van der Waals surface area contributed by atoms with E-state index in [4.69, 9.17) is 0 Å². The van der Waals surface area contributed by atoms with Crippen molar-refractivity contribution in [3.05, 3.63) is 41.5 Å². The van der Waals surface area contributed by atoms with E-state index in [1.165, 1.54) is 139 Å². The maximum Gasteiger partial charge on any atom is 1.00 e. The molecule has 2 rings (SSSR count). The number of rotatable bonds is 23. The van der Waals surface area contributed by atoms with Crippen molar-refractivity contribution < 1.29 is 42.5 Å². The van der Waals surface area contributed by atoms with Crippen LogP contribution in [-0.4, -0.2) is 13.0 Å². The van der Waals surface area contributed by atoms with Gasteiger partial charge < -0.3 is 4.55 Å². The third kappa shape index (κ3) is 14.9. The van der Waals surface area contributed by atoms with Gasteiger partial charge in [0.25, 0.3) is 0 Å². The first-order valence-electron chi connectivity index (χ1n) is 16.0. The fourth-order valence-corrected chi connectivity index (χ4v) is 6.47. The molecule has 0 aliphatic carbocycles. The van der Waals surface area contributed by atoms with E-state index in [2.05, 4.69) is 19.9 Å². The van der Waals surface area contributed by atoms with Gasteiger partial charge >= 0.3 is 29.6 Å². The summed E-state index contributed by atoms with van der Waals surface area (Å²) in [6.45, 7) is 4.53. The monoisotopic (exact) mass is 566 g/mol. The van der Waals surface area contributed by atoms with E-state index in [1.807, 2.05) is 12.1 Å². The van der Waals surface area contributed by atoms with Gasteiger partial charge in [0.2, 0.25) is 0 Å². The smallest absolute Gasteiger partial charge is 0.744 e. The van der Waals surface area contributed by atoms with Crippen LogP contribution in [0.1, 0.15) is 153 Å². The Morgan fingerprint density at radius 1 is 0.538 bits per heavy atom. The van der Waals surface area contributed by atoms with Crippen molar-refractivity contribution in [1.29, 1.82) is 0 Å². The molecule has 0 amide bonds. The van der Waals surface area contributed by atoms with Gasteiger partial charge in [0, 0.05) is 0 Å². The van der Waals surface area contributed by atoms with E-state index in [-0.39, 0.29) is 34.5 Å². The van der Waals surface area contributed by atoms with E-state index in [0.29, 0.717) is 5.39 Å². The van der Waals surface area contributed by atoms with Crippen molar-refractivity contribution in [1.82, 2.24) is 0 Å². The summed E-state index contributed by atoms with van der Waals surface area (Å²) in [6.07, 6.45) is 28.3. The molecule has 2 aromatic rings. The molecule has 216 valence electrons.